The molecule has 102 valence electrons. The minimum absolute atomic E-state index is 0.467. The summed E-state index contributed by atoms with van der Waals surface area (Å²) in [5, 5.41) is 6.31. The van der Waals surface area contributed by atoms with Crippen LogP contribution < -0.4 is 5.32 Å². The van der Waals surface area contributed by atoms with Crippen molar-refractivity contribution in [2.45, 2.75) is 39.7 Å². The van der Waals surface area contributed by atoms with Gasteiger partial charge in [0.1, 0.15) is 0 Å². The first-order valence-electron chi connectivity index (χ1n) is 7.48. The van der Waals surface area contributed by atoms with Gasteiger partial charge in [0, 0.05) is 6.04 Å². The second-order valence-corrected chi connectivity index (χ2v) is 5.41. The average molecular weight is 255 g/mol. The molecule has 1 heteroatoms. The van der Waals surface area contributed by atoms with E-state index in [0.717, 1.165) is 6.54 Å². The number of rotatable bonds is 6. The van der Waals surface area contributed by atoms with Gasteiger partial charge in [0.15, 0.2) is 0 Å². The Morgan fingerprint density at radius 2 is 1.74 bits per heavy atom. The van der Waals surface area contributed by atoms with Crippen molar-refractivity contribution in [3.63, 3.8) is 0 Å². The molecule has 0 bridgehead atoms. The highest BCUT2D eigenvalue weighted by Crippen LogP contribution is 2.28. The van der Waals surface area contributed by atoms with E-state index >= 15 is 0 Å². The summed E-state index contributed by atoms with van der Waals surface area (Å²) in [5.41, 5.74) is 1.42. The van der Waals surface area contributed by atoms with Crippen LogP contribution in [0.2, 0.25) is 0 Å². The van der Waals surface area contributed by atoms with Gasteiger partial charge in [-0.05, 0) is 41.3 Å². The van der Waals surface area contributed by atoms with Crippen LogP contribution in [-0.4, -0.2) is 6.54 Å². The summed E-state index contributed by atoms with van der Waals surface area (Å²) in [6, 6.07) is 15.9. The van der Waals surface area contributed by atoms with Crippen molar-refractivity contribution in [3.05, 3.63) is 48.0 Å². The topological polar surface area (TPSA) is 12.0 Å². The van der Waals surface area contributed by atoms with Crippen LogP contribution in [-0.2, 0) is 0 Å². The number of benzene rings is 2. The maximum absolute atomic E-state index is 3.65. The van der Waals surface area contributed by atoms with E-state index in [4.69, 9.17) is 0 Å². The van der Waals surface area contributed by atoms with Crippen molar-refractivity contribution in [1.82, 2.24) is 5.32 Å². The Morgan fingerprint density at radius 1 is 1.00 bits per heavy atom. The lowest BCUT2D eigenvalue weighted by Gasteiger charge is -2.25. The zero-order valence-electron chi connectivity index (χ0n) is 12.3. The number of hydrogen-bond acceptors (Lipinski definition) is 1. The highest BCUT2D eigenvalue weighted by molar-refractivity contribution is 5.83. The molecule has 2 aromatic rings. The van der Waals surface area contributed by atoms with E-state index in [9.17, 15) is 0 Å². The van der Waals surface area contributed by atoms with Crippen molar-refractivity contribution in [2.75, 3.05) is 6.54 Å². The molecule has 0 aliphatic rings. The lowest BCUT2D eigenvalue weighted by atomic mass is 9.90. The quantitative estimate of drug-likeness (QED) is 0.772. The van der Waals surface area contributed by atoms with Gasteiger partial charge in [-0.15, -0.1) is 0 Å². The Bertz CT molecular complexity index is 518. The SMILES string of the molecule is CCCC(C)C(NCC)c1ccc2ccccc2c1. The summed E-state index contributed by atoms with van der Waals surface area (Å²) in [4.78, 5) is 0. The minimum Gasteiger partial charge on any atom is -0.310 e. The third-order valence-corrected chi connectivity index (χ3v) is 3.87. The van der Waals surface area contributed by atoms with Crippen LogP contribution in [0.1, 0.15) is 45.2 Å². The Morgan fingerprint density at radius 3 is 2.42 bits per heavy atom. The summed E-state index contributed by atoms with van der Waals surface area (Å²) in [6.45, 7) is 7.82. The van der Waals surface area contributed by atoms with Gasteiger partial charge in [0.05, 0.1) is 0 Å². The first-order valence-corrected chi connectivity index (χ1v) is 7.48. The van der Waals surface area contributed by atoms with Crippen molar-refractivity contribution >= 4 is 10.8 Å². The van der Waals surface area contributed by atoms with Crippen LogP contribution in [0.3, 0.4) is 0 Å². The molecule has 2 unspecified atom stereocenters. The predicted molar refractivity (Wildman–Crippen MR) is 84.4 cm³/mol. The molecule has 0 fully saturated rings. The first kappa shape index (κ1) is 14.1. The van der Waals surface area contributed by atoms with Crippen molar-refractivity contribution in [2.24, 2.45) is 5.92 Å². The molecule has 0 aliphatic heterocycles. The molecule has 1 nitrogen and oxygen atoms in total. The summed E-state index contributed by atoms with van der Waals surface area (Å²) < 4.78 is 0. The molecular weight excluding hydrogens is 230 g/mol. The second kappa shape index (κ2) is 6.72. The van der Waals surface area contributed by atoms with Crippen molar-refractivity contribution in [3.8, 4) is 0 Å². The molecule has 0 radical (unpaired) electrons. The molecule has 0 saturated heterocycles. The van der Waals surface area contributed by atoms with Crippen LogP contribution in [0.4, 0.5) is 0 Å². The van der Waals surface area contributed by atoms with Gasteiger partial charge < -0.3 is 5.32 Å². The molecule has 19 heavy (non-hydrogen) atoms. The highest BCUT2D eigenvalue weighted by atomic mass is 14.9. The van der Waals surface area contributed by atoms with E-state index in [1.54, 1.807) is 0 Å². The van der Waals surface area contributed by atoms with Crippen LogP contribution in [0.5, 0.6) is 0 Å². The van der Waals surface area contributed by atoms with E-state index in [1.165, 1.54) is 29.2 Å². The van der Waals surface area contributed by atoms with E-state index in [-0.39, 0.29) is 0 Å². The van der Waals surface area contributed by atoms with E-state index in [2.05, 4.69) is 68.6 Å². The molecule has 1 N–H and O–H groups in total. The largest absolute Gasteiger partial charge is 0.310 e. The minimum atomic E-state index is 0.467. The smallest absolute Gasteiger partial charge is 0.0346 e. The molecule has 0 aliphatic carbocycles. The normalized spacial score (nSPS) is 14.5. The first-order chi connectivity index (χ1) is 9.26. The predicted octanol–water partition coefficient (Wildman–Crippen LogP) is 4.93. The summed E-state index contributed by atoms with van der Waals surface area (Å²) in [7, 11) is 0. The fourth-order valence-electron chi connectivity index (χ4n) is 2.89. The Labute approximate surface area is 117 Å². The van der Waals surface area contributed by atoms with Gasteiger partial charge in [-0.2, -0.15) is 0 Å². The van der Waals surface area contributed by atoms with Crippen molar-refractivity contribution in [1.29, 1.82) is 0 Å². The Kier molecular flexibility index (Phi) is 4.98. The van der Waals surface area contributed by atoms with Crippen LogP contribution in [0, 0.1) is 5.92 Å². The number of fused-ring (bicyclic) bond motifs is 1. The molecule has 0 amide bonds. The standard InChI is InChI=1S/C18H25N/c1-4-8-14(3)18(19-5-2)17-12-11-15-9-6-7-10-16(15)13-17/h6-7,9-14,18-19H,4-5,8H2,1-3H3. The van der Waals surface area contributed by atoms with Gasteiger partial charge in [0.2, 0.25) is 0 Å². The van der Waals surface area contributed by atoms with Gasteiger partial charge in [-0.1, -0.05) is 63.6 Å². The van der Waals surface area contributed by atoms with Crippen molar-refractivity contribution < 1.29 is 0 Å². The fourth-order valence-corrected chi connectivity index (χ4v) is 2.89. The van der Waals surface area contributed by atoms with Crippen LogP contribution >= 0.6 is 0 Å². The molecule has 2 rings (SSSR count). The molecule has 2 atom stereocenters. The van der Waals surface area contributed by atoms with Gasteiger partial charge in [-0.3, -0.25) is 0 Å². The molecular formula is C18H25N. The third-order valence-electron chi connectivity index (χ3n) is 3.87. The molecule has 0 saturated carbocycles. The lowest BCUT2D eigenvalue weighted by molar-refractivity contribution is 0.369. The van der Waals surface area contributed by atoms with E-state index < -0.39 is 0 Å². The monoisotopic (exact) mass is 255 g/mol. The van der Waals surface area contributed by atoms with Gasteiger partial charge in [0.25, 0.3) is 0 Å². The van der Waals surface area contributed by atoms with Crippen LogP contribution in [0.25, 0.3) is 10.8 Å². The Hall–Kier alpha value is -1.34. The van der Waals surface area contributed by atoms with Gasteiger partial charge in [-0.25, -0.2) is 0 Å². The summed E-state index contributed by atoms with van der Waals surface area (Å²) >= 11 is 0. The highest BCUT2D eigenvalue weighted by Gasteiger charge is 2.17. The molecule has 0 heterocycles. The third kappa shape index (κ3) is 3.36. The maximum Gasteiger partial charge on any atom is 0.0346 e. The lowest BCUT2D eigenvalue weighted by Crippen LogP contribution is -2.26. The molecule has 0 aromatic heterocycles. The van der Waals surface area contributed by atoms with Crippen LogP contribution in [0.15, 0.2) is 42.5 Å². The van der Waals surface area contributed by atoms with E-state index in [1.807, 2.05) is 0 Å². The fraction of sp³-hybridized carbons (Fsp3) is 0.444. The zero-order chi connectivity index (χ0) is 13.7. The summed E-state index contributed by atoms with van der Waals surface area (Å²) in [6.07, 6.45) is 2.52. The molecule has 2 aromatic carbocycles. The number of nitrogens with one attached hydrogen (secondary N) is 1. The summed E-state index contributed by atoms with van der Waals surface area (Å²) in [5.74, 6) is 0.672. The van der Waals surface area contributed by atoms with E-state index in [0.29, 0.717) is 12.0 Å². The van der Waals surface area contributed by atoms with Gasteiger partial charge >= 0.3 is 0 Å². The zero-order valence-corrected chi connectivity index (χ0v) is 12.3. The average Bonchev–Trinajstić information content (AvgIpc) is 2.44. The number of hydrogen-bond donors (Lipinski definition) is 1. The molecule has 0 spiro atoms. The maximum atomic E-state index is 3.65. The Balaban J connectivity index is 2.32. The second-order valence-electron chi connectivity index (χ2n) is 5.41.